The fourth-order valence-electron chi connectivity index (χ4n) is 5.00. The van der Waals surface area contributed by atoms with E-state index in [-0.39, 0.29) is 24.8 Å². The third-order valence-electron chi connectivity index (χ3n) is 6.58. The van der Waals surface area contributed by atoms with Gasteiger partial charge in [-0.1, -0.05) is 6.07 Å². The molecule has 0 spiro atoms. The van der Waals surface area contributed by atoms with Crippen molar-refractivity contribution in [1.29, 1.82) is 0 Å². The lowest BCUT2D eigenvalue weighted by atomic mass is 10.0. The van der Waals surface area contributed by atoms with E-state index in [0.717, 1.165) is 17.2 Å². The zero-order valence-corrected chi connectivity index (χ0v) is 17.8. The number of halogens is 5. The van der Waals surface area contributed by atoms with Gasteiger partial charge in [-0.2, -0.15) is 13.2 Å². The van der Waals surface area contributed by atoms with Gasteiger partial charge in [0, 0.05) is 23.9 Å². The first-order valence-corrected chi connectivity index (χ1v) is 10.7. The highest BCUT2D eigenvalue weighted by Crippen LogP contribution is 2.39. The maximum absolute atomic E-state index is 14.1. The molecule has 1 saturated heterocycles. The predicted molar refractivity (Wildman–Crippen MR) is 107 cm³/mol. The van der Waals surface area contributed by atoms with Crippen molar-refractivity contribution in [2.45, 2.75) is 56.4 Å². The third-order valence-corrected chi connectivity index (χ3v) is 6.58. The van der Waals surface area contributed by atoms with Crippen LogP contribution < -0.4 is 10.7 Å². The number of fused-ring (bicyclic) bond motifs is 5. The summed E-state index contributed by atoms with van der Waals surface area (Å²) in [4.78, 5) is 39.9. The number of carbonyl (C=O) groups is 2. The number of alkyl halides is 3. The fourth-order valence-corrected chi connectivity index (χ4v) is 5.00. The lowest BCUT2D eigenvalue weighted by molar-refractivity contribution is -0.155. The van der Waals surface area contributed by atoms with Crippen LogP contribution in [0.5, 0.6) is 5.75 Å². The summed E-state index contributed by atoms with van der Waals surface area (Å²) in [7, 11) is 0. The van der Waals surface area contributed by atoms with E-state index < -0.39 is 69.9 Å². The monoisotopic (exact) mass is 499 g/mol. The summed E-state index contributed by atoms with van der Waals surface area (Å²) < 4.78 is 75.2. The van der Waals surface area contributed by atoms with Crippen LogP contribution in [0.3, 0.4) is 0 Å². The second-order valence-corrected chi connectivity index (χ2v) is 8.73. The molecule has 2 fully saturated rings. The van der Waals surface area contributed by atoms with Gasteiger partial charge in [0.1, 0.15) is 17.2 Å². The van der Waals surface area contributed by atoms with Crippen LogP contribution in [-0.2, 0) is 11.3 Å². The van der Waals surface area contributed by atoms with Gasteiger partial charge in [0.2, 0.25) is 5.43 Å². The Morgan fingerprint density at radius 1 is 1.20 bits per heavy atom. The first-order chi connectivity index (χ1) is 16.5. The Labute approximate surface area is 193 Å². The molecule has 2 bridgehead atoms. The number of aromatic hydroxyl groups is 1. The van der Waals surface area contributed by atoms with Gasteiger partial charge in [0.25, 0.3) is 11.8 Å². The van der Waals surface area contributed by atoms with Gasteiger partial charge in [0.15, 0.2) is 23.7 Å². The van der Waals surface area contributed by atoms with Gasteiger partial charge >= 0.3 is 6.18 Å². The number of hydrogen-bond donors (Lipinski definition) is 2. The Hall–Kier alpha value is -3.48. The molecule has 1 saturated carbocycles. The molecule has 3 heterocycles. The minimum absolute atomic E-state index is 0.0581. The van der Waals surface area contributed by atoms with Gasteiger partial charge < -0.3 is 24.6 Å². The molecular formula is C22H18F5N3O5. The first-order valence-electron chi connectivity index (χ1n) is 10.7. The van der Waals surface area contributed by atoms with Crippen molar-refractivity contribution in [2.75, 3.05) is 0 Å². The van der Waals surface area contributed by atoms with Crippen LogP contribution in [0.15, 0.2) is 29.2 Å². The van der Waals surface area contributed by atoms with Crippen LogP contribution in [0, 0.1) is 11.6 Å². The largest absolute Gasteiger partial charge is 0.503 e. The van der Waals surface area contributed by atoms with E-state index >= 15 is 0 Å². The summed E-state index contributed by atoms with van der Waals surface area (Å²) in [6.45, 7) is -0.0581. The number of ether oxygens (including phenoxy) is 1. The number of carbonyl (C=O) groups excluding carboxylic acids is 2. The molecule has 3 aliphatic rings. The lowest BCUT2D eigenvalue weighted by Crippen LogP contribution is -2.57. The molecule has 2 aromatic rings. The number of benzene rings is 1. The van der Waals surface area contributed by atoms with Crippen LogP contribution in [-0.4, -0.2) is 50.9 Å². The fraction of sp³-hybridized carbons (Fsp3) is 0.409. The number of hydrogen-bond acceptors (Lipinski definition) is 5. The summed E-state index contributed by atoms with van der Waals surface area (Å²) in [6, 6.07) is -1.68. The van der Waals surface area contributed by atoms with Crippen molar-refractivity contribution in [3.8, 4) is 5.75 Å². The van der Waals surface area contributed by atoms with E-state index in [9.17, 15) is 41.4 Å². The second kappa shape index (κ2) is 8.04. The quantitative estimate of drug-likeness (QED) is 0.633. The number of aromatic nitrogens is 1. The number of nitrogens with zero attached hydrogens (tertiary/aromatic N) is 2. The maximum Gasteiger partial charge on any atom is 0.412 e. The molecule has 2 unspecified atom stereocenters. The SMILES string of the molecule is O=C(NC(c1ccc(F)cc1F)C(F)(F)F)c1cn2c(c(O)c1=O)C(=O)N1C(C2)O[C@H]2CC[C@@H]1C2. The average molecular weight is 499 g/mol. The minimum atomic E-state index is -5.20. The van der Waals surface area contributed by atoms with Crippen molar-refractivity contribution in [3.63, 3.8) is 0 Å². The molecule has 0 radical (unpaired) electrons. The van der Waals surface area contributed by atoms with Crippen molar-refractivity contribution >= 4 is 11.8 Å². The van der Waals surface area contributed by atoms with Gasteiger partial charge in [-0.05, 0) is 25.3 Å². The third kappa shape index (κ3) is 3.83. The molecular weight excluding hydrogens is 481 g/mol. The maximum atomic E-state index is 14.1. The molecule has 186 valence electrons. The second-order valence-electron chi connectivity index (χ2n) is 8.73. The lowest BCUT2D eigenvalue weighted by Gasteiger charge is -2.44. The van der Waals surface area contributed by atoms with Crippen molar-refractivity contribution in [3.05, 3.63) is 63.1 Å². The van der Waals surface area contributed by atoms with Crippen LogP contribution in [0.2, 0.25) is 0 Å². The van der Waals surface area contributed by atoms with Crippen molar-refractivity contribution in [1.82, 2.24) is 14.8 Å². The van der Waals surface area contributed by atoms with Crippen molar-refractivity contribution < 1.29 is 41.4 Å². The molecule has 4 atom stereocenters. The zero-order valence-electron chi connectivity index (χ0n) is 17.8. The topological polar surface area (TPSA) is 101 Å². The first kappa shape index (κ1) is 23.3. The van der Waals surface area contributed by atoms with Crippen molar-refractivity contribution in [2.24, 2.45) is 0 Å². The number of pyridine rings is 1. The van der Waals surface area contributed by atoms with E-state index in [1.54, 1.807) is 0 Å². The zero-order chi connectivity index (χ0) is 25.2. The summed E-state index contributed by atoms with van der Waals surface area (Å²) in [6.07, 6.45) is -3.08. The Morgan fingerprint density at radius 2 is 1.94 bits per heavy atom. The van der Waals surface area contributed by atoms with E-state index in [2.05, 4.69) is 0 Å². The number of rotatable bonds is 3. The minimum Gasteiger partial charge on any atom is -0.503 e. The Bertz CT molecular complexity index is 1290. The molecule has 5 rings (SSSR count). The number of amides is 2. The molecule has 35 heavy (non-hydrogen) atoms. The molecule has 2 aliphatic heterocycles. The van der Waals surface area contributed by atoms with Crippen LogP contribution in [0.4, 0.5) is 22.0 Å². The summed E-state index contributed by atoms with van der Waals surface area (Å²) >= 11 is 0. The van der Waals surface area contributed by atoms with Crippen LogP contribution in [0.1, 0.15) is 51.7 Å². The normalized spacial score (nSPS) is 24.1. The molecule has 1 aromatic heterocycles. The molecule has 2 N–H and O–H groups in total. The Kier molecular flexibility index (Phi) is 5.34. The van der Waals surface area contributed by atoms with Crippen LogP contribution in [0.25, 0.3) is 0 Å². The summed E-state index contributed by atoms with van der Waals surface area (Å²) in [5.41, 5.74) is -3.70. The number of nitrogens with one attached hydrogen (secondary N) is 1. The predicted octanol–water partition coefficient (Wildman–Crippen LogP) is 2.60. The molecule has 1 aliphatic carbocycles. The van der Waals surface area contributed by atoms with Gasteiger partial charge in [-0.3, -0.25) is 14.4 Å². The van der Waals surface area contributed by atoms with Gasteiger partial charge in [-0.25, -0.2) is 8.78 Å². The molecule has 1 aromatic carbocycles. The smallest absolute Gasteiger partial charge is 0.412 e. The summed E-state index contributed by atoms with van der Waals surface area (Å²) in [5, 5.41) is 12.0. The molecule has 13 heteroatoms. The standard InChI is InChI=1S/C22H18F5N3O5/c23-9-1-4-12(14(24)5-9)19(22(25,26)27)28-20(33)13-7-29-8-15-30(10-2-3-11(6-10)35-15)21(34)16(29)18(32)17(13)31/h1,4-5,7,10-11,15,19,32H,2-3,6,8H2,(H,28,33)/t10-,11+,15?,19?/m1/s1. The summed E-state index contributed by atoms with van der Waals surface area (Å²) in [5.74, 6) is -6.00. The highest BCUT2D eigenvalue weighted by molar-refractivity contribution is 5.99. The highest BCUT2D eigenvalue weighted by Gasteiger charge is 2.48. The van der Waals surface area contributed by atoms with E-state index in [1.807, 2.05) is 0 Å². The molecule has 2 amide bonds. The van der Waals surface area contributed by atoms with E-state index in [4.69, 9.17) is 4.74 Å². The Balaban J connectivity index is 1.50. The Morgan fingerprint density at radius 3 is 2.63 bits per heavy atom. The highest BCUT2D eigenvalue weighted by atomic mass is 19.4. The van der Waals surface area contributed by atoms with Gasteiger partial charge in [-0.15, -0.1) is 0 Å². The van der Waals surface area contributed by atoms with Crippen LogP contribution >= 0.6 is 0 Å². The van der Waals surface area contributed by atoms with E-state index in [1.165, 1.54) is 10.2 Å². The van der Waals surface area contributed by atoms with Gasteiger partial charge in [0.05, 0.1) is 12.6 Å². The average Bonchev–Trinajstić information content (AvgIpc) is 3.14. The molecule has 8 nitrogen and oxygen atoms in total. The van der Waals surface area contributed by atoms with E-state index in [0.29, 0.717) is 25.0 Å².